The van der Waals surface area contributed by atoms with Crippen LogP contribution in [0.25, 0.3) is 48.7 Å². The molecule has 0 unspecified atom stereocenters. The number of fused-ring (bicyclic) bond motifs is 2. The Bertz CT molecular complexity index is 2410. The average Bonchev–Trinajstić information content (AvgIpc) is 3.66. The van der Waals surface area contributed by atoms with Crippen LogP contribution < -0.4 is 14.4 Å². The van der Waals surface area contributed by atoms with Crippen LogP contribution in [0.4, 0.5) is 17.1 Å². The number of thiophene rings is 1. The van der Waals surface area contributed by atoms with Crippen molar-refractivity contribution in [1.82, 2.24) is 0 Å². The highest BCUT2D eigenvalue weighted by Crippen LogP contribution is 2.46. The van der Waals surface area contributed by atoms with Gasteiger partial charge in [-0.2, -0.15) is 15.8 Å². The van der Waals surface area contributed by atoms with Crippen LogP contribution in [0.5, 0.6) is 11.5 Å². The molecule has 7 rings (SSSR count). The van der Waals surface area contributed by atoms with E-state index in [1.165, 1.54) is 11.3 Å². The quantitative estimate of drug-likeness (QED) is 0.119. The second-order valence-electron chi connectivity index (χ2n) is 11.4. The van der Waals surface area contributed by atoms with E-state index in [0.717, 1.165) is 71.7 Å². The van der Waals surface area contributed by atoms with Crippen LogP contribution in [0, 0.1) is 34.0 Å². The predicted octanol–water partition coefficient (Wildman–Crippen LogP) is 11.2. The summed E-state index contributed by atoms with van der Waals surface area (Å²) in [6.07, 6.45) is 0. The Morgan fingerprint density at radius 2 is 0.960 bits per heavy atom. The minimum absolute atomic E-state index is 0.0925. The maximum atomic E-state index is 9.81. The lowest BCUT2D eigenvalue weighted by atomic mass is 9.88. The van der Waals surface area contributed by atoms with Crippen LogP contribution in [0.1, 0.15) is 4.88 Å². The molecule has 1 heterocycles. The van der Waals surface area contributed by atoms with Gasteiger partial charge >= 0.3 is 0 Å². The van der Waals surface area contributed by atoms with Gasteiger partial charge in [0, 0.05) is 32.4 Å². The highest BCUT2D eigenvalue weighted by Gasteiger charge is 2.20. The largest absolute Gasteiger partial charge is 0.497 e. The van der Waals surface area contributed by atoms with Crippen LogP contribution >= 0.6 is 11.3 Å². The Morgan fingerprint density at radius 3 is 1.38 bits per heavy atom. The van der Waals surface area contributed by atoms with Crippen molar-refractivity contribution in [2.75, 3.05) is 19.1 Å². The van der Waals surface area contributed by atoms with Crippen molar-refractivity contribution in [2.45, 2.75) is 0 Å². The summed E-state index contributed by atoms with van der Waals surface area (Å²) >= 11 is 1.41. The first-order chi connectivity index (χ1) is 24.6. The van der Waals surface area contributed by atoms with Gasteiger partial charge in [0.15, 0.2) is 0 Å². The van der Waals surface area contributed by atoms with E-state index in [0.29, 0.717) is 4.88 Å². The number of nitrogens with zero attached hydrogens (tertiary/aromatic N) is 4. The lowest BCUT2D eigenvalue weighted by Gasteiger charge is -2.26. The van der Waals surface area contributed by atoms with Crippen molar-refractivity contribution in [3.8, 4) is 51.3 Å². The molecular weight excluding hydrogens is 637 g/mol. The summed E-state index contributed by atoms with van der Waals surface area (Å²) in [6, 6.07) is 50.9. The molecule has 0 N–H and O–H groups in total. The molecule has 50 heavy (non-hydrogen) atoms. The van der Waals surface area contributed by atoms with Gasteiger partial charge in [0.1, 0.15) is 35.3 Å². The van der Waals surface area contributed by atoms with Crippen LogP contribution in [0.15, 0.2) is 139 Å². The molecule has 0 radical (unpaired) electrons. The Kier molecular flexibility index (Phi) is 8.70. The number of hydrogen-bond acceptors (Lipinski definition) is 7. The molecule has 0 aliphatic rings. The number of benzene rings is 6. The van der Waals surface area contributed by atoms with Gasteiger partial charge in [-0.25, -0.2) is 0 Å². The van der Waals surface area contributed by atoms with Crippen LogP contribution in [-0.4, -0.2) is 14.2 Å². The van der Waals surface area contributed by atoms with E-state index < -0.39 is 0 Å². The summed E-state index contributed by atoms with van der Waals surface area (Å²) < 4.78 is 10.9. The molecule has 7 heteroatoms. The highest BCUT2D eigenvalue weighted by atomic mass is 32.1. The predicted molar refractivity (Wildman–Crippen MR) is 202 cm³/mol. The Balaban J connectivity index is 1.38. The van der Waals surface area contributed by atoms with Crippen molar-refractivity contribution in [3.05, 3.63) is 144 Å². The van der Waals surface area contributed by atoms with E-state index in [9.17, 15) is 15.8 Å². The van der Waals surface area contributed by atoms with Gasteiger partial charge < -0.3 is 14.4 Å². The molecule has 0 saturated heterocycles. The minimum atomic E-state index is -0.188. The number of anilines is 3. The molecule has 1 aromatic heterocycles. The highest BCUT2D eigenvalue weighted by molar-refractivity contribution is 7.16. The van der Waals surface area contributed by atoms with E-state index in [2.05, 4.69) is 71.6 Å². The second kappa shape index (κ2) is 13.7. The molecule has 6 aromatic carbocycles. The molecule has 0 aliphatic carbocycles. The zero-order chi connectivity index (χ0) is 34.6. The standard InChI is InChI=1S/C43H28N4O2S/c1-48-33-19-15-31(16-20-33)47(32-17-21-34(49-2)22-18-32)30-13-11-28(12-14-30)42-35-7-3-5-9-37(35)43(38-10-6-4-8-36(38)42)41-24-23-40(50-41)39(27-46)29(25-44)26-45/h3-24H,1-2H3. The first kappa shape index (κ1) is 31.7. The van der Waals surface area contributed by atoms with Crippen molar-refractivity contribution in [1.29, 1.82) is 15.8 Å². The van der Waals surface area contributed by atoms with Crippen LogP contribution in [0.2, 0.25) is 0 Å². The summed E-state index contributed by atoms with van der Waals surface area (Å²) in [6.45, 7) is 0. The van der Waals surface area contributed by atoms with Gasteiger partial charge in [-0.15, -0.1) is 11.3 Å². The SMILES string of the molecule is COc1ccc(N(c2ccc(OC)cc2)c2ccc(-c3c4ccccc4c(-c4ccc(C(C#N)=C(C#N)C#N)s4)c4ccccc34)cc2)cc1. The van der Waals surface area contributed by atoms with E-state index >= 15 is 0 Å². The van der Waals surface area contributed by atoms with E-state index in [-0.39, 0.29) is 11.1 Å². The lowest BCUT2D eigenvalue weighted by molar-refractivity contribution is 0.415. The fourth-order valence-corrected chi connectivity index (χ4v) is 7.45. The van der Waals surface area contributed by atoms with Gasteiger partial charge in [-0.05, 0) is 105 Å². The molecule has 0 spiro atoms. The molecule has 6 nitrogen and oxygen atoms in total. The van der Waals surface area contributed by atoms with Crippen molar-refractivity contribution < 1.29 is 9.47 Å². The van der Waals surface area contributed by atoms with Crippen molar-refractivity contribution in [3.63, 3.8) is 0 Å². The van der Waals surface area contributed by atoms with E-state index in [4.69, 9.17) is 9.47 Å². The molecule has 0 amide bonds. The van der Waals surface area contributed by atoms with Crippen LogP contribution in [-0.2, 0) is 0 Å². The van der Waals surface area contributed by atoms with Crippen LogP contribution in [0.3, 0.4) is 0 Å². The average molecular weight is 665 g/mol. The molecule has 7 aromatic rings. The van der Waals surface area contributed by atoms with Gasteiger partial charge in [-0.1, -0.05) is 60.7 Å². The van der Waals surface area contributed by atoms with Gasteiger partial charge in [0.2, 0.25) is 0 Å². The fraction of sp³-hybridized carbons (Fsp3) is 0.0465. The Hall–Kier alpha value is -6.85. The molecule has 0 atom stereocenters. The van der Waals surface area contributed by atoms with Crippen molar-refractivity contribution in [2.24, 2.45) is 0 Å². The summed E-state index contributed by atoms with van der Waals surface area (Å²) in [7, 11) is 3.33. The first-order valence-corrected chi connectivity index (χ1v) is 16.6. The van der Waals surface area contributed by atoms with Gasteiger partial charge in [-0.3, -0.25) is 0 Å². The molecule has 0 aliphatic heterocycles. The molecule has 0 fully saturated rings. The van der Waals surface area contributed by atoms with E-state index in [1.807, 2.05) is 84.9 Å². The zero-order valence-electron chi connectivity index (χ0n) is 27.2. The molecule has 238 valence electrons. The number of nitriles is 3. The zero-order valence-corrected chi connectivity index (χ0v) is 28.0. The maximum absolute atomic E-state index is 9.81. The van der Waals surface area contributed by atoms with Gasteiger partial charge in [0.25, 0.3) is 0 Å². The number of hydrogen-bond donors (Lipinski definition) is 0. The smallest absolute Gasteiger partial charge is 0.148 e. The fourth-order valence-electron chi connectivity index (χ4n) is 6.37. The minimum Gasteiger partial charge on any atom is -0.497 e. The maximum Gasteiger partial charge on any atom is 0.148 e. The Morgan fingerprint density at radius 1 is 0.520 bits per heavy atom. The summed E-state index contributed by atoms with van der Waals surface area (Å²) in [4.78, 5) is 3.74. The summed E-state index contributed by atoms with van der Waals surface area (Å²) in [5.41, 5.74) is 6.13. The molecular formula is C43H28N4O2S. The third-order valence-electron chi connectivity index (χ3n) is 8.69. The number of allylic oxidation sites excluding steroid dienone is 2. The normalized spacial score (nSPS) is 10.5. The summed E-state index contributed by atoms with van der Waals surface area (Å²) in [5, 5.41) is 33.0. The monoisotopic (exact) mass is 664 g/mol. The first-order valence-electron chi connectivity index (χ1n) is 15.8. The van der Waals surface area contributed by atoms with Crippen molar-refractivity contribution >= 4 is 55.5 Å². The third-order valence-corrected chi connectivity index (χ3v) is 9.81. The topological polar surface area (TPSA) is 93.1 Å². The number of rotatable bonds is 8. The second-order valence-corrected chi connectivity index (χ2v) is 12.5. The van der Waals surface area contributed by atoms with Gasteiger partial charge in [0.05, 0.1) is 19.8 Å². The van der Waals surface area contributed by atoms with E-state index in [1.54, 1.807) is 14.2 Å². The molecule has 0 bridgehead atoms. The lowest BCUT2D eigenvalue weighted by Crippen LogP contribution is -2.09. The summed E-state index contributed by atoms with van der Waals surface area (Å²) in [5.74, 6) is 1.58. The Labute approximate surface area is 294 Å². The third kappa shape index (κ3) is 5.67. The number of ether oxygens (including phenoxy) is 2. The number of methoxy groups -OCH3 is 2. The molecule has 0 saturated carbocycles.